The molecule has 2 aliphatic heterocycles. The Hall–Kier alpha value is -1.53. The SMILES string of the molecule is CCCCCC/C=C/C(O)C(COC1OC(CO)C(OC2OC(CO)C(O)C(O)C2O)C(O)C1O)NC(=O)CCCCCCCCCCCCCCCCCCCCCCCCC/C=C\CCCCCCCCCC. The van der Waals surface area contributed by atoms with Gasteiger partial charge in [-0.2, -0.15) is 0 Å². The summed E-state index contributed by atoms with van der Waals surface area (Å²) in [7, 11) is 0. The molecule has 0 aliphatic carbocycles. The Morgan fingerprint density at radius 2 is 0.840 bits per heavy atom. The second-order valence-electron chi connectivity index (χ2n) is 22.2. The molecular weight excluding hydrogens is 955 g/mol. The highest BCUT2D eigenvalue weighted by molar-refractivity contribution is 5.76. The number of ether oxygens (including phenoxy) is 4. The molecule has 442 valence electrons. The molecule has 2 fully saturated rings. The first-order valence-electron chi connectivity index (χ1n) is 31.1. The molecule has 0 saturated carbocycles. The number of unbranched alkanes of at least 4 members (excludes halogenated alkanes) is 35. The van der Waals surface area contributed by atoms with Gasteiger partial charge in [0.25, 0.3) is 0 Å². The van der Waals surface area contributed by atoms with E-state index in [1.807, 2.05) is 6.08 Å². The number of carbonyl (C=O) groups excluding carboxylic acids is 1. The molecule has 2 aliphatic rings. The van der Waals surface area contributed by atoms with Gasteiger partial charge in [0.15, 0.2) is 12.6 Å². The van der Waals surface area contributed by atoms with Crippen LogP contribution in [0.25, 0.3) is 0 Å². The van der Waals surface area contributed by atoms with Gasteiger partial charge in [0.2, 0.25) is 5.91 Å². The summed E-state index contributed by atoms with van der Waals surface area (Å²) < 4.78 is 22.6. The molecule has 1 amide bonds. The van der Waals surface area contributed by atoms with Gasteiger partial charge in [0, 0.05) is 6.42 Å². The quantitative estimate of drug-likeness (QED) is 0.0204. The van der Waals surface area contributed by atoms with E-state index in [1.54, 1.807) is 6.08 Å². The Morgan fingerprint density at radius 1 is 0.467 bits per heavy atom. The van der Waals surface area contributed by atoms with Crippen molar-refractivity contribution in [3.05, 3.63) is 24.3 Å². The van der Waals surface area contributed by atoms with E-state index in [9.17, 15) is 45.6 Å². The molecular formula is C61H115NO13. The van der Waals surface area contributed by atoms with Crippen LogP contribution in [0.15, 0.2) is 24.3 Å². The molecule has 0 bridgehead atoms. The Morgan fingerprint density at radius 3 is 1.28 bits per heavy atom. The zero-order valence-corrected chi connectivity index (χ0v) is 47.6. The molecule has 0 radical (unpaired) electrons. The second kappa shape index (κ2) is 47.3. The maximum Gasteiger partial charge on any atom is 0.220 e. The van der Waals surface area contributed by atoms with E-state index in [1.165, 1.54) is 186 Å². The number of rotatable bonds is 50. The standard InChI is InChI=1S/C61H115NO13/c1-3-5-7-9-11-12-13-14-15-16-17-18-19-20-21-22-23-24-25-26-27-28-29-30-31-32-33-34-35-36-37-38-39-41-43-45-53(66)62-49(50(65)44-42-40-10-8-6-4-2)48-72-60-58(71)56(69)59(52(47-64)74-60)75-61-57(70)55(68)54(67)51(46-63)73-61/h16-17,42,44,49-52,54-61,63-65,67-71H,3-15,18-41,43,45-48H2,1-2H3,(H,62,66)/b17-16-,44-42+. The summed E-state index contributed by atoms with van der Waals surface area (Å²) >= 11 is 0. The summed E-state index contributed by atoms with van der Waals surface area (Å²) in [4.78, 5) is 13.1. The average molecular weight is 1070 g/mol. The Bertz CT molecular complexity index is 1350. The van der Waals surface area contributed by atoms with Crippen molar-refractivity contribution in [3.63, 3.8) is 0 Å². The summed E-state index contributed by atoms with van der Waals surface area (Å²) in [5, 5.41) is 86.5. The molecule has 14 heteroatoms. The van der Waals surface area contributed by atoms with E-state index >= 15 is 0 Å². The van der Waals surface area contributed by atoms with Crippen molar-refractivity contribution in [1.82, 2.24) is 5.32 Å². The first-order valence-corrected chi connectivity index (χ1v) is 31.1. The van der Waals surface area contributed by atoms with Gasteiger partial charge in [-0.05, 0) is 44.9 Å². The topological polar surface area (TPSA) is 228 Å². The van der Waals surface area contributed by atoms with E-state index < -0.39 is 86.8 Å². The third-order valence-corrected chi connectivity index (χ3v) is 15.4. The highest BCUT2D eigenvalue weighted by Gasteiger charge is 2.51. The minimum Gasteiger partial charge on any atom is -0.394 e. The first kappa shape index (κ1) is 69.6. The molecule has 2 saturated heterocycles. The van der Waals surface area contributed by atoms with Crippen molar-refractivity contribution in [2.75, 3.05) is 19.8 Å². The number of carbonyl (C=O) groups is 1. The van der Waals surface area contributed by atoms with Crippen LogP contribution in [0.3, 0.4) is 0 Å². The monoisotopic (exact) mass is 1070 g/mol. The Balaban J connectivity index is 1.51. The third kappa shape index (κ3) is 33.0. The number of allylic oxidation sites excluding steroid dienone is 3. The van der Waals surface area contributed by atoms with Crippen molar-refractivity contribution < 1.29 is 64.6 Å². The second-order valence-corrected chi connectivity index (χ2v) is 22.2. The maximum atomic E-state index is 13.1. The molecule has 12 unspecified atom stereocenters. The maximum absolute atomic E-state index is 13.1. The van der Waals surface area contributed by atoms with Crippen LogP contribution in [0.4, 0.5) is 0 Å². The lowest BCUT2D eigenvalue weighted by Crippen LogP contribution is -2.65. The minimum atomic E-state index is -1.78. The summed E-state index contributed by atoms with van der Waals surface area (Å²) in [5.41, 5.74) is 0. The molecule has 0 spiro atoms. The van der Waals surface area contributed by atoms with Gasteiger partial charge in [0.05, 0.1) is 32.0 Å². The van der Waals surface area contributed by atoms with Gasteiger partial charge in [-0.25, -0.2) is 0 Å². The fraction of sp³-hybridized carbons (Fsp3) is 0.918. The third-order valence-electron chi connectivity index (χ3n) is 15.4. The van der Waals surface area contributed by atoms with Crippen LogP contribution in [0.2, 0.25) is 0 Å². The van der Waals surface area contributed by atoms with Crippen molar-refractivity contribution in [1.29, 1.82) is 0 Å². The lowest BCUT2D eigenvalue weighted by molar-refractivity contribution is -0.359. The summed E-state index contributed by atoms with van der Waals surface area (Å²) in [5.74, 6) is -0.241. The van der Waals surface area contributed by atoms with Crippen LogP contribution in [-0.2, 0) is 23.7 Å². The molecule has 14 nitrogen and oxygen atoms in total. The predicted octanol–water partition coefficient (Wildman–Crippen LogP) is 10.8. The Kier molecular flexibility index (Phi) is 43.9. The number of aliphatic hydroxyl groups excluding tert-OH is 8. The van der Waals surface area contributed by atoms with E-state index in [2.05, 4.69) is 31.3 Å². The van der Waals surface area contributed by atoms with Crippen LogP contribution in [0, 0.1) is 0 Å². The van der Waals surface area contributed by atoms with Crippen molar-refractivity contribution in [2.24, 2.45) is 0 Å². The number of hydrogen-bond acceptors (Lipinski definition) is 13. The smallest absolute Gasteiger partial charge is 0.220 e. The van der Waals surface area contributed by atoms with Gasteiger partial charge in [0.1, 0.15) is 48.8 Å². The van der Waals surface area contributed by atoms with Crippen LogP contribution in [0.1, 0.15) is 264 Å². The van der Waals surface area contributed by atoms with Gasteiger partial charge < -0.3 is 65.1 Å². The summed E-state index contributed by atoms with van der Waals surface area (Å²) in [6.07, 6.45) is 40.3. The first-order chi connectivity index (χ1) is 36.6. The van der Waals surface area contributed by atoms with Crippen molar-refractivity contribution >= 4 is 5.91 Å². The number of hydrogen-bond donors (Lipinski definition) is 9. The fourth-order valence-electron chi connectivity index (χ4n) is 10.3. The van der Waals surface area contributed by atoms with Crippen LogP contribution in [0.5, 0.6) is 0 Å². The summed E-state index contributed by atoms with van der Waals surface area (Å²) in [6, 6.07) is -0.908. The van der Waals surface area contributed by atoms with E-state index in [0.717, 1.165) is 51.4 Å². The highest BCUT2D eigenvalue weighted by Crippen LogP contribution is 2.30. The van der Waals surface area contributed by atoms with Crippen LogP contribution < -0.4 is 5.32 Å². The van der Waals surface area contributed by atoms with Gasteiger partial charge >= 0.3 is 0 Å². The summed E-state index contributed by atoms with van der Waals surface area (Å²) in [6.45, 7) is 2.72. The van der Waals surface area contributed by atoms with E-state index in [0.29, 0.717) is 6.42 Å². The van der Waals surface area contributed by atoms with Crippen molar-refractivity contribution in [3.8, 4) is 0 Å². The number of nitrogens with one attached hydrogen (secondary N) is 1. The zero-order valence-electron chi connectivity index (χ0n) is 47.6. The molecule has 0 aromatic carbocycles. The zero-order chi connectivity index (χ0) is 54.6. The molecule has 12 atom stereocenters. The minimum absolute atomic E-state index is 0.241. The molecule has 9 N–H and O–H groups in total. The highest BCUT2D eigenvalue weighted by atomic mass is 16.7. The lowest BCUT2D eigenvalue weighted by atomic mass is 9.97. The molecule has 0 aromatic heterocycles. The molecule has 75 heavy (non-hydrogen) atoms. The van der Waals surface area contributed by atoms with Crippen LogP contribution >= 0.6 is 0 Å². The van der Waals surface area contributed by atoms with E-state index in [-0.39, 0.29) is 18.9 Å². The van der Waals surface area contributed by atoms with Gasteiger partial charge in [-0.3, -0.25) is 4.79 Å². The largest absolute Gasteiger partial charge is 0.394 e. The lowest BCUT2D eigenvalue weighted by Gasteiger charge is -2.46. The molecule has 2 rings (SSSR count). The van der Waals surface area contributed by atoms with Gasteiger partial charge in [-0.15, -0.1) is 0 Å². The van der Waals surface area contributed by atoms with Crippen LogP contribution in [-0.4, -0.2) is 140 Å². The van der Waals surface area contributed by atoms with Crippen molar-refractivity contribution in [2.45, 2.75) is 338 Å². The average Bonchev–Trinajstić information content (AvgIpc) is 3.41. The number of amides is 1. The van der Waals surface area contributed by atoms with E-state index in [4.69, 9.17) is 18.9 Å². The predicted molar refractivity (Wildman–Crippen MR) is 300 cm³/mol. The number of aliphatic hydroxyl groups is 8. The molecule has 0 aromatic rings. The molecule has 2 heterocycles. The normalized spacial score (nSPS) is 25.1. The van der Waals surface area contributed by atoms with Gasteiger partial charge in [-0.1, -0.05) is 237 Å². The fourth-order valence-corrected chi connectivity index (χ4v) is 10.3. The Labute approximate surface area is 456 Å².